The molecule has 3 heterocycles. The van der Waals surface area contributed by atoms with Crippen molar-refractivity contribution in [1.29, 1.82) is 0 Å². The second-order valence-electron chi connectivity index (χ2n) is 6.01. The fourth-order valence-electron chi connectivity index (χ4n) is 2.92. The largest absolute Gasteiger partial charge is 0.438 e. The van der Waals surface area contributed by atoms with Gasteiger partial charge in [-0.2, -0.15) is 0 Å². The number of rotatable bonds is 4. The normalized spacial score (nSPS) is 20.7. The number of pyridine rings is 1. The molecule has 0 bridgehead atoms. The maximum atomic E-state index is 12.4. The summed E-state index contributed by atoms with van der Waals surface area (Å²) >= 11 is 0. The lowest BCUT2D eigenvalue weighted by atomic mass is 10.0. The summed E-state index contributed by atoms with van der Waals surface area (Å²) in [7, 11) is 1.66. The van der Waals surface area contributed by atoms with Gasteiger partial charge in [-0.15, -0.1) is 0 Å². The Kier molecular flexibility index (Phi) is 4.04. The first-order valence-electron chi connectivity index (χ1n) is 7.52. The molecule has 23 heavy (non-hydrogen) atoms. The van der Waals surface area contributed by atoms with Crippen molar-refractivity contribution in [3.63, 3.8) is 0 Å². The third-order valence-corrected chi connectivity index (χ3v) is 4.12. The van der Waals surface area contributed by atoms with E-state index in [0.717, 1.165) is 5.82 Å². The molecule has 7 nitrogen and oxygen atoms in total. The van der Waals surface area contributed by atoms with Crippen LogP contribution in [-0.4, -0.2) is 58.2 Å². The molecule has 1 fully saturated rings. The molecule has 2 aromatic rings. The number of aromatic nitrogens is 2. The Balaban J connectivity index is 1.66. The van der Waals surface area contributed by atoms with Crippen molar-refractivity contribution in [3.05, 3.63) is 42.2 Å². The van der Waals surface area contributed by atoms with Crippen LogP contribution in [0.2, 0.25) is 0 Å². The van der Waals surface area contributed by atoms with E-state index in [-0.39, 0.29) is 18.2 Å². The molecule has 1 N–H and O–H groups in total. The van der Waals surface area contributed by atoms with Crippen LogP contribution in [-0.2, 0) is 0 Å². The molecule has 0 spiro atoms. The van der Waals surface area contributed by atoms with Crippen molar-refractivity contribution in [3.8, 4) is 0 Å². The van der Waals surface area contributed by atoms with Gasteiger partial charge in [-0.25, -0.2) is 9.97 Å². The van der Waals surface area contributed by atoms with Crippen molar-refractivity contribution in [2.75, 3.05) is 31.6 Å². The number of aryl methyl sites for hydroxylation is 1. The Labute approximate surface area is 134 Å². The van der Waals surface area contributed by atoms with Crippen molar-refractivity contribution < 1.29 is 14.3 Å². The van der Waals surface area contributed by atoms with Gasteiger partial charge in [-0.05, 0) is 25.5 Å². The van der Waals surface area contributed by atoms with Crippen molar-refractivity contribution >= 4 is 11.7 Å². The number of likely N-dealkylation sites (N-methyl/N-ethyl adjacent to an activating group) is 1. The minimum Gasteiger partial charge on any atom is -0.438 e. The predicted octanol–water partition coefficient (Wildman–Crippen LogP) is 1.09. The molecular formula is C16H20N4O3. The van der Waals surface area contributed by atoms with Crippen molar-refractivity contribution in [2.45, 2.75) is 18.9 Å². The first-order chi connectivity index (χ1) is 11.0. The van der Waals surface area contributed by atoms with Gasteiger partial charge < -0.3 is 19.3 Å². The molecule has 1 aliphatic rings. The number of nitrogens with zero attached hydrogens (tertiary/aromatic N) is 4. The number of anilines is 1. The quantitative estimate of drug-likeness (QED) is 0.909. The summed E-state index contributed by atoms with van der Waals surface area (Å²) in [5.41, 5.74) is -0.411. The third-order valence-electron chi connectivity index (χ3n) is 4.12. The maximum absolute atomic E-state index is 12.4. The molecule has 0 aromatic carbocycles. The highest BCUT2D eigenvalue weighted by molar-refractivity contribution is 5.92. The molecule has 1 aliphatic heterocycles. The predicted molar refractivity (Wildman–Crippen MR) is 84.2 cm³/mol. The van der Waals surface area contributed by atoms with Crippen molar-refractivity contribution in [1.82, 2.24) is 14.9 Å². The Hall–Kier alpha value is -2.41. The Morgan fingerprint density at radius 3 is 2.96 bits per heavy atom. The average molecular weight is 316 g/mol. The van der Waals surface area contributed by atoms with Gasteiger partial charge in [0.1, 0.15) is 11.4 Å². The summed E-state index contributed by atoms with van der Waals surface area (Å²) in [4.78, 5) is 24.1. The second kappa shape index (κ2) is 6.00. The van der Waals surface area contributed by atoms with E-state index in [0.29, 0.717) is 25.2 Å². The number of oxazole rings is 1. The molecule has 2 aromatic heterocycles. The van der Waals surface area contributed by atoms with Gasteiger partial charge >= 0.3 is 0 Å². The van der Waals surface area contributed by atoms with Gasteiger partial charge in [0.15, 0.2) is 6.39 Å². The number of amides is 1. The van der Waals surface area contributed by atoms with Crippen LogP contribution in [0.1, 0.15) is 22.7 Å². The van der Waals surface area contributed by atoms with Gasteiger partial charge in [0, 0.05) is 26.3 Å². The van der Waals surface area contributed by atoms with E-state index in [9.17, 15) is 9.90 Å². The molecule has 7 heteroatoms. The zero-order valence-electron chi connectivity index (χ0n) is 13.3. The number of aliphatic hydroxyl groups is 1. The molecule has 0 unspecified atom stereocenters. The van der Waals surface area contributed by atoms with E-state index >= 15 is 0 Å². The highest BCUT2D eigenvalue weighted by Gasteiger charge is 2.39. The number of carbonyl (C=O) groups is 1. The summed E-state index contributed by atoms with van der Waals surface area (Å²) in [5.74, 6) is 0.781. The highest BCUT2D eigenvalue weighted by Crippen LogP contribution is 2.26. The number of hydrogen-bond acceptors (Lipinski definition) is 6. The van der Waals surface area contributed by atoms with Crippen LogP contribution in [0.25, 0.3) is 0 Å². The van der Waals surface area contributed by atoms with Crippen LogP contribution in [0.5, 0.6) is 0 Å². The molecule has 1 atom stereocenters. The van der Waals surface area contributed by atoms with Gasteiger partial charge in [0.25, 0.3) is 5.91 Å². The maximum Gasteiger partial charge on any atom is 0.291 e. The highest BCUT2D eigenvalue weighted by atomic mass is 16.4. The summed E-state index contributed by atoms with van der Waals surface area (Å²) in [5, 5.41) is 10.8. The molecule has 1 saturated heterocycles. The summed E-state index contributed by atoms with van der Waals surface area (Å²) in [6, 6.07) is 5.69. The third kappa shape index (κ3) is 3.19. The van der Waals surface area contributed by atoms with Crippen LogP contribution in [0.3, 0.4) is 0 Å². The lowest BCUT2D eigenvalue weighted by Gasteiger charge is -2.28. The fraction of sp³-hybridized carbons (Fsp3) is 0.438. The van der Waals surface area contributed by atoms with Gasteiger partial charge in [-0.3, -0.25) is 4.79 Å². The van der Waals surface area contributed by atoms with E-state index < -0.39 is 5.60 Å². The minimum absolute atomic E-state index is 0.218. The van der Waals surface area contributed by atoms with Crippen LogP contribution >= 0.6 is 0 Å². The second-order valence-corrected chi connectivity index (χ2v) is 6.01. The molecule has 3 rings (SSSR count). The van der Waals surface area contributed by atoms with E-state index in [2.05, 4.69) is 9.97 Å². The summed E-state index contributed by atoms with van der Waals surface area (Å²) < 4.78 is 5.13. The number of β-amino-alcohol motifs (C(OH)–C–C–N with tert-alkyl or cyclic N) is 1. The van der Waals surface area contributed by atoms with Crippen LogP contribution in [0.15, 0.2) is 35.2 Å². The zero-order chi connectivity index (χ0) is 16.4. The zero-order valence-corrected chi connectivity index (χ0v) is 13.3. The SMILES string of the molecule is Cc1ncoc1C(=O)N(C)C[C@]1(O)CCN(c2ccccn2)C1. The van der Waals surface area contributed by atoms with Gasteiger partial charge in [0.2, 0.25) is 5.76 Å². The first-order valence-corrected chi connectivity index (χ1v) is 7.52. The Morgan fingerprint density at radius 2 is 2.30 bits per heavy atom. The standard InChI is InChI=1S/C16H20N4O3/c1-12-14(23-11-18-12)15(21)19(2)9-16(22)6-8-20(10-16)13-5-3-4-7-17-13/h3-5,7,11,22H,6,8-10H2,1-2H3/t16-/m1/s1. The lowest BCUT2D eigenvalue weighted by Crippen LogP contribution is -2.46. The topological polar surface area (TPSA) is 82.7 Å². The van der Waals surface area contributed by atoms with Gasteiger partial charge in [-0.1, -0.05) is 6.07 Å². The van der Waals surface area contributed by atoms with Gasteiger partial charge in [0.05, 0.1) is 12.2 Å². The van der Waals surface area contributed by atoms with Crippen LogP contribution in [0, 0.1) is 6.92 Å². The molecule has 0 aliphatic carbocycles. The molecule has 0 saturated carbocycles. The molecule has 0 radical (unpaired) electrons. The lowest BCUT2D eigenvalue weighted by molar-refractivity contribution is 0.0251. The molecule has 122 valence electrons. The number of carbonyl (C=O) groups excluding carboxylic acids is 1. The average Bonchev–Trinajstić information content (AvgIpc) is 3.13. The smallest absolute Gasteiger partial charge is 0.291 e. The molecular weight excluding hydrogens is 296 g/mol. The summed E-state index contributed by atoms with van der Waals surface area (Å²) in [6.45, 7) is 3.10. The van der Waals surface area contributed by atoms with Crippen LogP contribution < -0.4 is 4.90 Å². The Bertz CT molecular complexity index is 688. The van der Waals surface area contributed by atoms with E-state index in [4.69, 9.17) is 4.42 Å². The minimum atomic E-state index is -0.962. The first kappa shape index (κ1) is 15.5. The monoisotopic (exact) mass is 316 g/mol. The fourth-order valence-corrected chi connectivity index (χ4v) is 2.92. The van der Waals surface area contributed by atoms with E-state index in [1.807, 2.05) is 23.1 Å². The van der Waals surface area contributed by atoms with E-state index in [1.165, 1.54) is 11.3 Å². The van der Waals surface area contributed by atoms with Crippen LogP contribution in [0.4, 0.5) is 5.82 Å². The summed E-state index contributed by atoms with van der Waals surface area (Å²) in [6.07, 6.45) is 3.56. The molecule has 1 amide bonds. The van der Waals surface area contributed by atoms with Crippen molar-refractivity contribution in [2.24, 2.45) is 0 Å². The Morgan fingerprint density at radius 1 is 1.48 bits per heavy atom. The van der Waals surface area contributed by atoms with E-state index in [1.54, 1.807) is 20.2 Å². The number of hydrogen-bond donors (Lipinski definition) is 1.